The van der Waals surface area contributed by atoms with Crippen LogP contribution in [0, 0.1) is 5.82 Å². The first-order valence-corrected chi connectivity index (χ1v) is 8.50. The highest BCUT2D eigenvalue weighted by Crippen LogP contribution is 2.13. The number of aromatic amines is 1. The van der Waals surface area contributed by atoms with E-state index < -0.39 is 11.4 Å². The van der Waals surface area contributed by atoms with Crippen molar-refractivity contribution < 1.29 is 9.18 Å². The van der Waals surface area contributed by atoms with Crippen LogP contribution in [0.4, 0.5) is 4.39 Å². The van der Waals surface area contributed by atoms with Crippen molar-refractivity contribution in [3.05, 3.63) is 76.2 Å². The molecule has 3 aromatic rings. The molecule has 0 fully saturated rings. The van der Waals surface area contributed by atoms with Gasteiger partial charge >= 0.3 is 0 Å². The van der Waals surface area contributed by atoms with Crippen LogP contribution in [0.1, 0.15) is 17.8 Å². The van der Waals surface area contributed by atoms with Gasteiger partial charge in [-0.05, 0) is 24.3 Å². The molecule has 0 saturated heterocycles. The first-order chi connectivity index (χ1) is 13.1. The molecule has 27 heavy (non-hydrogen) atoms. The fourth-order valence-corrected chi connectivity index (χ4v) is 2.49. The summed E-state index contributed by atoms with van der Waals surface area (Å²) in [7, 11) is 0. The van der Waals surface area contributed by atoms with Gasteiger partial charge in [-0.2, -0.15) is 0 Å². The Morgan fingerprint density at radius 1 is 1.11 bits per heavy atom. The number of rotatable bonds is 7. The Bertz CT molecular complexity index is 975. The maximum atomic E-state index is 13.3. The molecule has 1 aromatic carbocycles. The zero-order valence-corrected chi connectivity index (χ0v) is 14.5. The van der Waals surface area contributed by atoms with E-state index in [0.717, 1.165) is 5.69 Å². The largest absolute Gasteiger partial charge is 0.356 e. The van der Waals surface area contributed by atoms with E-state index in [4.69, 9.17) is 0 Å². The number of pyridine rings is 1. The van der Waals surface area contributed by atoms with E-state index in [0.29, 0.717) is 18.5 Å². The highest BCUT2D eigenvalue weighted by atomic mass is 19.1. The van der Waals surface area contributed by atoms with Crippen LogP contribution in [0.25, 0.3) is 11.4 Å². The topological polar surface area (TPSA) is 101 Å². The molecule has 2 heterocycles. The molecule has 0 aliphatic rings. The Labute approximate surface area is 154 Å². The number of hydrogen-bond donors (Lipinski definition) is 2. The van der Waals surface area contributed by atoms with Gasteiger partial charge < -0.3 is 10.3 Å². The number of halogens is 1. The van der Waals surface area contributed by atoms with E-state index in [1.165, 1.54) is 18.2 Å². The summed E-state index contributed by atoms with van der Waals surface area (Å²) in [5.41, 5.74) is 1.05. The van der Waals surface area contributed by atoms with E-state index in [-0.39, 0.29) is 30.3 Å². The maximum absolute atomic E-state index is 13.3. The number of amides is 1. The van der Waals surface area contributed by atoms with Crippen molar-refractivity contribution in [3.8, 4) is 11.4 Å². The zero-order valence-electron chi connectivity index (χ0n) is 14.5. The summed E-state index contributed by atoms with van der Waals surface area (Å²) in [4.78, 5) is 30.8. The summed E-state index contributed by atoms with van der Waals surface area (Å²) >= 11 is 0. The Balaban J connectivity index is 1.52. The third-order valence-corrected chi connectivity index (χ3v) is 3.88. The van der Waals surface area contributed by atoms with Gasteiger partial charge in [-0.15, -0.1) is 10.2 Å². The van der Waals surface area contributed by atoms with Gasteiger partial charge in [0.2, 0.25) is 5.91 Å². The van der Waals surface area contributed by atoms with Gasteiger partial charge in [0.1, 0.15) is 11.5 Å². The minimum Gasteiger partial charge on any atom is -0.356 e. The van der Waals surface area contributed by atoms with E-state index >= 15 is 0 Å². The van der Waals surface area contributed by atoms with E-state index in [2.05, 4.69) is 25.5 Å². The predicted octanol–water partition coefficient (Wildman–Crippen LogP) is 1.66. The molecule has 2 aromatic heterocycles. The molecule has 0 spiro atoms. The number of hydrogen-bond acceptors (Lipinski definition) is 5. The van der Waals surface area contributed by atoms with Crippen LogP contribution in [0.3, 0.4) is 0 Å². The number of aryl methyl sites for hydroxylation is 1. The summed E-state index contributed by atoms with van der Waals surface area (Å²) in [6.45, 7) is 0.469. The Hall–Kier alpha value is -3.42. The van der Waals surface area contributed by atoms with Crippen LogP contribution in [0.5, 0.6) is 0 Å². The minimum atomic E-state index is -0.439. The van der Waals surface area contributed by atoms with Gasteiger partial charge in [-0.1, -0.05) is 18.2 Å². The lowest BCUT2D eigenvalue weighted by Crippen LogP contribution is -2.27. The van der Waals surface area contributed by atoms with Gasteiger partial charge in [0.15, 0.2) is 5.82 Å². The lowest BCUT2D eigenvalue weighted by molar-refractivity contribution is -0.121. The number of H-pyrrole nitrogens is 1. The van der Waals surface area contributed by atoms with E-state index in [1.54, 1.807) is 12.3 Å². The lowest BCUT2D eigenvalue weighted by atomic mass is 10.2. The van der Waals surface area contributed by atoms with Crippen LogP contribution >= 0.6 is 0 Å². The number of aromatic nitrogens is 4. The molecule has 0 radical (unpaired) electrons. The highest BCUT2D eigenvalue weighted by molar-refractivity contribution is 5.76. The molecule has 0 aliphatic heterocycles. The summed E-state index contributed by atoms with van der Waals surface area (Å²) in [6, 6.07) is 11.3. The molecular weight excluding hydrogens is 349 g/mol. The van der Waals surface area contributed by atoms with Gasteiger partial charge in [-0.3, -0.25) is 14.6 Å². The van der Waals surface area contributed by atoms with Gasteiger partial charge in [-0.25, -0.2) is 4.39 Å². The third-order valence-electron chi connectivity index (χ3n) is 3.88. The van der Waals surface area contributed by atoms with Crippen LogP contribution in [0.2, 0.25) is 0 Å². The van der Waals surface area contributed by atoms with Gasteiger partial charge in [0, 0.05) is 43.3 Å². The van der Waals surface area contributed by atoms with Crippen molar-refractivity contribution in [2.75, 3.05) is 6.54 Å². The van der Waals surface area contributed by atoms with Crippen molar-refractivity contribution in [3.63, 3.8) is 0 Å². The molecule has 0 saturated carbocycles. The number of carbonyl (C=O) groups is 1. The summed E-state index contributed by atoms with van der Waals surface area (Å²) in [5.74, 6) is -0.425. The molecule has 7 nitrogen and oxygen atoms in total. The Kier molecular flexibility index (Phi) is 5.98. The first-order valence-electron chi connectivity index (χ1n) is 8.50. The summed E-state index contributed by atoms with van der Waals surface area (Å²) in [5, 5.41) is 10.6. The number of benzene rings is 1. The Morgan fingerprint density at radius 2 is 2.00 bits per heavy atom. The zero-order chi connectivity index (χ0) is 19.1. The molecular formula is C19H18FN5O2. The van der Waals surface area contributed by atoms with Crippen molar-refractivity contribution >= 4 is 5.91 Å². The first kappa shape index (κ1) is 18.4. The fraction of sp³-hybridized carbons (Fsp3) is 0.211. The predicted molar refractivity (Wildman–Crippen MR) is 97.3 cm³/mol. The fourth-order valence-electron chi connectivity index (χ4n) is 2.49. The SMILES string of the molecule is O=C(CCc1nnc(-c2cccc(F)c2)[nH]c1=O)NCCc1ccccn1. The maximum Gasteiger partial charge on any atom is 0.273 e. The van der Waals surface area contributed by atoms with Gasteiger partial charge in [0.25, 0.3) is 5.56 Å². The molecule has 3 rings (SSSR count). The standard InChI is InChI=1S/C19H18FN5O2/c20-14-5-3-4-13(12-14)18-23-19(27)16(24-25-18)7-8-17(26)22-11-9-15-6-1-2-10-21-15/h1-6,10,12H,7-9,11H2,(H,22,26)(H,23,25,27). The molecule has 1 amide bonds. The summed E-state index contributed by atoms with van der Waals surface area (Å²) < 4.78 is 13.3. The van der Waals surface area contributed by atoms with Crippen molar-refractivity contribution in [1.29, 1.82) is 0 Å². The smallest absolute Gasteiger partial charge is 0.273 e. The van der Waals surface area contributed by atoms with Crippen molar-refractivity contribution in [2.45, 2.75) is 19.3 Å². The molecule has 138 valence electrons. The van der Waals surface area contributed by atoms with E-state index in [9.17, 15) is 14.0 Å². The van der Waals surface area contributed by atoms with Crippen LogP contribution in [-0.2, 0) is 17.6 Å². The minimum absolute atomic E-state index is 0.124. The number of nitrogens with zero attached hydrogens (tertiary/aromatic N) is 3. The van der Waals surface area contributed by atoms with E-state index in [1.807, 2.05) is 18.2 Å². The molecule has 0 atom stereocenters. The van der Waals surface area contributed by atoms with Gasteiger partial charge in [0.05, 0.1) is 0 Å². The monoisotopic (exact) mass is 367 g/mol. The quantitative estimate of drug-likeness (QED) is 0.661. The molecule has 0 unspecified atom stereocenters. The third kappa shape index (κ3) is 5.27. The lowest BCUT2D eigenvalue weighted by Gasteiger charge is -2.05. The average molecular weight is 367 g/mol. The average Bonchev–Trinajstić information content (AvgIpc) is 2.68. The normalized spacial score (nSPS) is 10.6. The van der Waals surface area contributed by atoms with Crippen LogP contribution < -0.4 is 10.9 Å². The molecule has 8 heteroatoms. The molecule has 0 bridgehead atoms. The van der Waals surface area contributed by atoms with Crippen molar-refractivity contribution in [1.82, 2.24) is 25.5 Å². The molecule has 2 N–H and O–H groups in total. The molecule has 0 aliphatic carbocycles. The van der Waals surface area contributed by atoms with Crippen LogP contribution in [-0.4, -0.2) is 32.6 Å². The van der Waals surface area contributed by atoms with Crippen molar-refractivity contribution in [2.24, 2.45) is 0 Å². The van der Waals surface area contributed by atoms with Crippen LogP contribution in [0.15, 0.2) is 53.5 Å². The summed E-state index contributed by atoms with van der Waals surface area (Å²) in [6.07, 6.45) is 2.63. The Morgan fingerprint density at radius 3 is 2.74 bits per heavy atom. The second kappa shape index (κ2) is 8.79. The highest BCUT2D eigenvalue weighted by Gasteiger charge is 2.10. The number of carbonyl (C=O) groups excluding carboxylic acids is 1. The second-order valence-electron chi connectivity index (χ2n) is 5.88. The second-order valence-corrected chi connectivity index (χ2v) is 5.88. The number of nitrogens with one attached hydrogen (secondary N) is 2.